The molecule has 8 heteroatoms. The average Bonchev–Trinajstić information content (AvgIpc) is 3.24. The largest absolute Gasteiger partial charge is 0.407 e. The Bertz CT molecular complexity index is 1070. The SMILES string of the molecule is CCn1ncc(C(=O)c2cc(C)c3c(c2C)C(C)(C)CCS3)c1OC(=O)C1CCCCC1.O=O. The van der Waals surface area contributed by atoms with Crippen LogP contribution in [-0.4, -0.2) is 27.3 Å². The lowest BCUT2D eigenvalue weighted by Crippen LogP contribution is -2.26. The van der Waals surface area contributed by atoms with Crippen molar-refractivity contribution in [3.63, 3.8) is 0 Å². The van der Waals surface area contributed by atoms with Crippen molar-refractivity contribution in [2.75, 3.05) is 5.75 Å². The minimum absolute atomic E-state index is 0.0234. The van der Waals surface area contributed by atoms with E-state index in [1.807, 2.05) is 24.8 Å². The van der Waals surface area contributed by atoms with Gasteiger partial charge < -0.3 is 4.74 Å². The predicted octanol–water partition coefficient (Wildman–Crippen LogP) is 6.08. The van der Waals surface area contributed by atoms with Gasteiger partial charge in [-0.25, -0.2) is 4.68 Å². The summed E-state index contributed by atoms with van der Waals surface area (Å²) in [5.41, 5.74) is 4.52. The van der Waals surface area contributed by atoms with Crippen LogP contribution in [0.5, 0.6) is 5.88 Å². The molecule has 0 unspecified atom stereocenters. The van der Waals surface area contributed by atoms with Gasteiger partial charge in [0.1, 0.15) is 5.56 Å². The van der Waals surface area contributed by atoms with Crippen molar-refractivity contribution in [1.82, 2.24) is 9.78 Å². The fourth-order valence-electron chi connectivity index (χ4n) is 5.19. The highest BCUT2D eigenvalue weighted by molar-refractivity contribution is 7.99. The Hall–Kier alpha value is -2.48. The molecule has 1 fully saturated rings. The number of ketones is 1. The molecule has 7 nitrogen and oxygen atoms in total. The van der Waals surface area contributed by atoms with Crippen molar-refractivity contribution in [2.24, 2.45) is 5.92 Å². The van der Waals surface area contributed by atoms with Gasteiger partial charge in [0.25, 0.3) is 0 Å². The van der Waals surface area contributed by atoms with Gasteiger partial charge in [0.05, 0.1) is 12.1 Å². The molecule has 2 aromatic rings. The summed E-state index contributed by atoms with van der Waals surface area (Å²) in [5, 5.41) is 4.36. The minimum atomic E-state index is -0.232. The van der Waals surface area contributed by atoms with E-state index >= 15 is 0 Å². The summed E-state index contributed by atoms with van der Waals surface area (Å²) in [6, 6.07) is 2.00. The van der Waals surface area contributed by atoms with E-state index in [0.29, 0.717) is 17.7 Å². The number of esters is 1. The number of ether oxygens (including phenoxy) is 1. The Morgan fingerprint density at radius 2 is 1.82 bits per heavy atom. The highest BCUT2D eigenvalue weighted by atomic mass is 32.2. The van der Waals surface area contributed by atoms with Crippen molar-refractivity contribution in [1.29, 1.82) is 0 Å². The summed E-state index contributed by atoms with van der Waals surface area (Å²) >= 11 is 1.89. The second-order valence-corrected chi connectivity index (χ2v) is 10.9. The van der Waals surface area contributed by atoms with Crippen LogP contribution in [0.3, 0.4) is 0 Å². The van der Waals surface area contributed by atoms with Crippen LogP contribution in [0, 0.1) is 29.7 Å². The summed E-state index contributed by atoms with van der Waals surface area (Å²) in [5.74, 6) is 0.947. The fourth-order valence-corrected chi connectivity index (χ4v) is 6.86. The number of rotatable bonds is 5. The number of hydrogen-bond donors (Lipinski definition) is 0. The molecule has 0 N–H and O–H groups in total. The summed E-state index contributed by atoms with van der Waals surface area (Å²) < 4.78 is 7.47. The van der Waals surface area contributed by atoms with Crippen LogP contribution in [0.25, 0.3) is 0 Å². The number of aromatic nitrogens is 2. The van der Waals surface area contributed by atoms with Crippen molar-refractivity contribution >= 4 is 23.5 Å². The van der Waals surface area contributed by atoms with E-state index in [4.69, 9.17) is 14.7 Å². The number of carbonyl (C=O) groups is 2. The van der Waals surface area contributed by atoms with Crippen molar-refractivity contribution in [3.8, 4) is 5.88 Å². The number of hydrogen-bond acceptors (Lipinski definition) is 7. The van der Waals surface area contributed by atoms with Gasteiger partial charge in [-0.05, 0) is 74.0 Å². The first-order valence-electron chi connectivity index (χ1n) is 12.0. The van der Waals surface area contributed by atoms with Crippen molar-refractivity contribution < 1.29 is 14.3 Å². The van der Waals surface area contributed by atoms with E-state index < -0.39 is 0 Å². The molecular formula is C26H34N2O5S. The van der Waals surface area contributed by atoms with Crippen LogP contribution >= 0.6 is 11.8 Å². The maximum Gasteiger partial charge on any atom is 0.315 e. The molecule has 184 valence electrons. The highest BCUT2D eigenvalue weighted by Gasteiger charge is 2.34. The number of aryl methyl sites for hydroxylation is 2. The second-order valence-electron chi connectivity index (χ2n) is 9.82. The van der Waals surface area contributed by atoms with Crippen LogP contribution in [-0.2, 0) is 16.8 Å². The van der Waals surface area contributed by atoms with Gasteiger partial charge in [0, 0.05) is 26.9 Å². The van der Waals surface area contributed by atoms with E-state index in [2.05, 4.69) is 32.8 Å². The monoisotopic (exact) mass is 486 g/mol. The molecule has 0 amide bonds. The molecule has 1 aliphatic carbocycles. The van der Waals surface area contributed by atoms with Gasteiger partial charge in [-0.3, -0.25) is 9.59 Å². The quantitative estimate of drug-likeness (QED) is 0.373. The summed E-state index contributed by atoms with van der Waals surface area (Å²) in [4.78, 5) is 41.9. The molecule has 0 spiro atoms. The maximum absolute atomic E-state index is 13.8. The van der Waals surface area contributed by atoms with E-state index in [-0.39, 0.29) is 29.0 Å². The number of carbonyl (C=O) groups excluding carboxylic acids is 2. The second kappa shape index (κ2) is 10.8. The molecule has 1 aromatic carbocycles. The molecular weight excluding hydrogens is 452 g/mol. The topological polar surface area (TPSA) is 95.3 Å². The van der Waals surface area contributed by atoms with Crippen LogP contribution in [0.2, 0.25) is 0 Å². The normalized spacial score (nSPS) is 17.3. The Labute approximate surface area is 205 Å². The number of nitrogens with zero attached hydrogens (tertiary/aromatic N) is 2. The lowest BCUT2D eigenvalue weighted by atomic mass is 9.77. The molecule has 0 atom stereocenters. The van der Waals surface area contributed by atoms with E-state index in [1.54, 1.807) is 10.9 Å². The van der Waals surface area contributed by atoms with Gasteiger partial charge in [-0.2, -0.15) is 5.10 Å². The molecule has 1 aromatic heterocycles. The lowest BCUT2D eigenvalue weighted by Gasteiger charge is -2.35. The third-order valence-electron chi connectivity index (χ3n) is 7.09. The Morgan fingerprint density at radius 3 is 2.47 bits per heavy atom. The highest BCUT2D eigenvalue weighted by Crippen LogP contribution is 2.46. The Balaban J connectivity index is 0.00000158. The van der Waals surface area contributed by atoms with E-state index in [0.717, 1.165) is 49.0 Å². The average molecular weight is 487 g/mol. The van der Waals surface area contributed by atoms with E-state index in [1.165, 1.54) is 16.9 Å². The van der Waals surface area contributed by atoms with Crippen molar-refractivity contribution in [3.05, 3.63) is 50.0 Å². The summed E-state index contributed by atoms with van der Waals surface area (Å²) in [6.07, 6.45) is 7.65. The smallest absolute Gasteiger partial charge is 0.315 e. The molecule has 2 aliphatic rings. The molecule has 0 saturated heterocycles. The van der Waals surface area contributed by atoms with Gasteiger partial charge in [0.15, 0.2) is 5.78 Å². The zero-order valence-corrected chi connectivity index (χ0v) is 21.5. The number of fused-ring (bicyclic) bond motifs is 1. The van der Waals surface area contributed by atoms with Gasteiger partial charge in [-0.1, -0.05) is 33.1 Å². The molecule has 1 saturated carbocycles. The first-order chi connectivity index (χ1) is 16.2. The molecule has 34 heavy (non-hydrogen) atoms. The van der Waals surface area contributed by atoms with Crippen LogP contribution < -0.4 is 4.74 Å². The van der Waals surface area contributed by atoms with Crippen molar-refractivity contribution in [2.45, 2.75) is 90.0 Å². The molecule has 1 aliphatic heterocycles. The van der Waals surface area contributed by atoms with Gasteiger partial charge in [-0.15, -0.1) is 11.8 Å². The number of thioether (sulfide) groups is 1. The van der Waals surface area contributed by atoms with Crippen LogP contribution in [0.15, 0.2) is 17.2 Å². The zero-order valence-electron chi connectivity index (χ0n) is 20.7. The lowest BCUT2D eigenvalue weighted by molar-refractivity contribution is -0.140. The molecule has 2 heterocycles. The maximum atomic E-state index is 13.8. The molecule has 0 bridgehead atoms. The first-order valence-corrected chi connectivity index (χ1v) is 13.0. The summed E-state index contributed by atoms with van der Waals surface area (Å²) in [6.45, 7) is 11.1. The van der Waals surface area contributed by atoms with Gasteiger partial charge in [0.2, 0.25) is 5.88 Å². The molecule has 4 rings (SSSR count). The fraction of sp³-hybridized carbons (Fsp3) is 0.577. The zero-order chi connectivity index (χ0) is 25.0. The Kier molecular flexibility index (Phi) is 8.34. The minimum Gasteiger partial charge on any atom is -0.407 e. The predicted molar refractivity (Wildman–Crippen MR) is 135 cm³/mol. The van der Waals surface area contributed by atoms with E-state index in [9.17, 15) is 9.59 Å². The van der Waals surface area contributed by atoms with Gasteiger partial charge >= 0.3 is 5.97 Å². The standard InChI is InChI=1S/C26H34N2O3S.O2/c1-6-28-24(31-25(30)18-10-8-7-9-11-18)20(15-27-28)22(29)19-14-16(2)23-21(17(19)3)26(4,5)12-13-32-23;1-2/h14-15,18H,6-13H2,1-5H3;. The van der Waals surface area contributed by atoms with Crippen LogP contribution in [0.4, 0.5) is 0 Å². The summed E-state index contributed by atoms with van der Waals surface area (Å²) in [7, 11) is 0. The molecule has 0 radical (unpaired) electrons. The third-order valence-corrected chi connectivity index (χ3v) is 8.31. The first kappa shape index (κ1) is 26.1. The number of benzene rings is 1. The Morgan fingerprint density at radius 1 is 1.15 bits per heavy atom. The van der Waals surface area contributed by atoms with Crippen LogP contribution in [0.1, 0.15) is 91.9 Å². The third kappa shape index (κ3) is 4.97.